The van der Waals surface area contributed by atoms with E-state index in [1.165, 1.54) is 17.9 Å². The molecule has 0 saturated heterocycles. The van der Waals surface area contributed by atoms with E-state index >= 15 is 0 Å². The van der Waals surface area contributed by atoms with Gasteiger partial charge in [-0.3, -0.25) is 4.57 Å². The van der Waals surface area contributed by atoms with Crippen LogP contribution in [0.4, 0.5) is 0 Å². The van der Waals surface area contributed by atoms with Gasteiger partial charge in [-0.05, 0) is 5.88 Å². The van der Waals surface area contributed by atoms with Gasteiger partial charge in [0.05, 0.1) is 0 Å². The van der Waals surface area contributed by atoms with Gasteiger partial charge in [0.2, 0.25) is 0 Å². The maximum atomic E-state index is 11.4. The fraction of sp³-hybridized carbons (Fsp3) is 0.286. The van der Waals surface area contributed by atoms with Crippen LogP contribution in [0.5, 0.6) is 5.88 Å². The maximum absolute atomic E-state index is 11.4. The summed E-state index contributed by atoms with van der Waals surface area (Å²) in [6.07, 6.45) is 1.27. The van der Waals surface area contributed by atoms with Gasteiger partial charge < -0.3 is 9.67 Å². The van der Waals surface area contributed by atoms with Crippen LogP contribution in [0.3, 0.4) is 0 Å². The van der Waals surface area contributed by atoms with Crippen molar-refractivity contribution in [2.75, 3.05) is 0 Å². The predicted octanol–water partition coefficient (Wildman–Crippen LogP) is -4.30. The molecule has 0 bridgehead atoms. The first kappa shape index (κ1) is 11.9. The van der Waals surface area contributed by atoms with Crippen LogP contribution in [0.1, 0.15) is 0 Å². The molecule has 6 nitrogen and oxygen atoms in total. The molecule has 2 aliphatic rings. The molecule has 0 amide bonds. The Kier molecular flexibility index (Phi) is 3.48. The van der Waals surface area contributed by atoms with Crippen LogP contribution in [0, 0.1) is 0 Å². The fourth-order valence-electron chi connectivity index (χ4n) is 1.22. The zero-order valence-corrected chi connectivity index (χ0v) is 11.3. The molecule has 7 heteroatoms. The van der Waals surface area contributed by atoms with Crippen molar-refractivity contribution in [2.24, 2.45) is 14.1 Å². The number of fused-ring (bicyclic) bond motifs is 1. The van der Waals surface area contributed by atoms with Crippen molar-refractivity contribution in [1.29, 1.82) is 0 Å². The van der Waals surface area contributed by atoms with E-state index in [2.05, 4.69) is 9.97 Å². The molecule has 0 atom stereocenters. The third-order valence-electron chi connectivity index (χ3n) is 1.98. The standard InChI is InChI=1S/C7H8N4O2.K/c1-10-5-4(8-3-9-5)6(12)11(2)7(10)13;/h3,12H,1-2H3;/q;+1/p-1. The van der Waals surface area contributed by atoms with Gasteiger partial charge in [-0.25, -0.2) is 14.8 Å². The normalized spacial score (nSPS) is 10.1. The van der Waals surface area contributed by atoms with Crippen molar-refractivity contribution in [1.82, 2.24) is 19.1 Å². The van der Waals surface area contributed by atoms with Crippen LogP contribution in [0.25, 0.3) is 11.5 Å². The van der Waals surface area contributed by atoms with Gasteiger partial charge in [-0.15, -0.1) is 0 Å². The van der Waals surface area contributed by atoms with Crippen molar-refractivity contribution >= 4 is 0 Å². The van der Waals surface area contributed by atoms with Gasteiger partial charge in [-0.2, -0.15) is 0 Å². The Balaban J connectivity index is 0.000000980. The summed E-state index contributed by atoms with van der Waals surface area (Å²) in [6.45, 7) is 0. The summed E-state index contributed by atoms with van der Waals surface area (Å²) in [5.41, 5.74) is -0.164. The zero-order chi connectivity index (χ0) is 9.59. The van der Waals surface area contributed by atoms with E-state index in [9.17, 15) is 9.90 Å². The Hall–Kier alpha value is -0.214. The largest absolute Gasteiger partial charge is 1.00 e. The summed E-state index contributed by atoms with van der Waals surface area (Å²) >= 11 is 0. The molecule has 68 valence electrons. The summed E-state index contributed by atoms with van der Waals surface area (Å²) in [5, 5.41) is 11.4. The third-order valence-corrected chi connectivity index (χ3v) is 1.98. The van der Waals surface area contributed by atoms with Crippen molar-refractivity contribution < 1.29 is 56.5 Å². The molecule has 0 N–H and O–H groups in total. The first-order valence-corrected chi connectivity index (χ1v) is 3.66. The van der Waals surface area contributed by atoms with E-state index < -0.39 is 11.6 Å². The molecule has 0 spiro atoms. The summed E-state index contributed by atoms with van der Waals surface area (Å²) in [4.78, 5) is 19.0. The second-order valence-electron chi connectivity index (χ2n) is 2.75. The Labute approximate surface area is 122 Å². The van der Waals surface area contributed by atoms with E-state index in [1.54, 1.807) is 7.05 Å². The van der Waals surface area contributed by atoms with Crippen molar-refractivity contribution in [3.05, 3.63) is 16.8 Å². The minimum atomic E-state index is -0.407. The molecule has 0 unspecified atom stereocenters. The van der Waals surface area contributed by atoms with E-state index in [0.29, 0.717) is 5.82 Å². The van der Waals surface area contributed by atoms with Crippen LogP contribution >= 0.6 is 0 Å². The van der Waals surface area contributed by atoms with Crippen molar-refractivity contribution in [3.8, 4) is 17.4 Å². The first-order valence-electron chi connectivity index (χ1n) is 3.66. The van der Waals surface area contributed by atoms with Crippen LogP contribution in [-0.4, -0.2) is 19.1 Å². The fourth-order valence-corrected chi connectivity index (χ4v) is 1.22. The Morgan fingerprint density at radius 2 is 1.93 bits per heavy atom. The average molecular weight is 218 g/mol. The van der Waals surface area contributed by atoms with Crippen molar-refractivity contribution in [2.45, 2.75) is 0 Å². The molecule has 0 radical (unpaired) electrons. The number of hydrogen-bond acceptors (Lipinski definition) is 4. The Morgan fingerprint density at radius 3 is 2.57 bits per heavy atom. The second-order valence-corrected chi connectivity index (χ2v) is 2.75. The van der Waals surface area contributed by atoms with E-state index in [1.807, 2.05) is 0 Å². The quantitative estimate of drug-likeness (QED) is 0.419. The van der Waals surface area contributed by atoms with Gasteiger partial charge in [0.15, 0.2) is 5.82 Å². The number of nitrogens with zero attached hydrogens (tertiary/aromatic N) is 4. The molecule has 0 aromatic rings. The van der Waals surface area contributed by atoms with Crippen molar-refractivity contribution in [3.63, 3.8) is 0 Å². The van der Waals surface area contributed by atoms with E-state index in [-0.39, 0.29) is 57.1 Å². The van der Waals surface area contributed by atoms with Crippen LogP contribution in [0.15, 0.2) is 11.1 Å². The first-order chi connectivity index (χ1) is 6.13. The molecule has 2 rings (SSSR count). The molecule has 0 fully saturated rings. The smallest absolute Gasteiger partial charge is 0.858 e. The minimum Gasteiger partial charge on any atom is -0.858 e. The number of rotatable bonds is 0. The molecular formula is C7H7KN4O2. The predicted molar refractivity (Wildman–Crippen MR) is 42.3 cm³/mol. The molecule has 14 heavy (non-hydrogen) atoms. The van der Waals surface area contributed by atoms with Crippen LogP contribution in [0.2, 0.25) is 0 Å². The topological polar surface area (TPSA) is 75.8 Å². The second kappa shape index (κ2) is 4.11. The number of aromatic nitrogens is 4. The maximum Gasteiger partial charge on any atom is 1.00 e. The molecule has 0 aliphatic carbocycles. The van der Waals surface area contributed by atoms with Crippen LogP contribution in [-0.2, 0) is 14.1 Å². The van der Waals surface area contributed by atoms with Gasteiger partial charge >= 0.3 is 57.1 Å². The van der Waals surface area contributed by atoms with Crippen LogP contribution < -0.4 is 62.2 Å². The van der Waals surface area contributed by atoms with E-state index in [4.69, 9.17) is 0 Å². The molecule has 0 aromatic heterocycles. The minimum absolute atomic E-state index is 0. The van der Waals surface area contributed by atoms with Gasteiger partial charge in [0.1, 0.15) is 12.0 Å². The van der Waals surface area contributed by atoms with Gasteiger partial charge in [-0.1, -0.05) is 0 Å². The average Bonchev–Trinajstić information content (AvgIpc) is 2.59. The van der Waals surface area contributed by atoms with Gasteiger partial charge in [0, 0.05) is 14.1 Å². The molecule has 2 heterocycles. The summed E-state index contributed by atoms with van der Waals surface area (Å²) in [7, 11) is 2.97. The number of hydrogen-bond donors (Lipinski definition) is 0. The Bertz CT molecular complexity index is 489. The van der Waals surface area contributed by atoms with Gasteiger partial charge in [0.25, 0.3) is 0 Å². The SMILES string of the molecule is Cn1c2ncnc-2c([O-])n(C)c1=O.[K+]. The number of imidazole rings is 1. The monoisotopic (exact) mass is 218 g/mol. The summed E-state index contributed by atoms with van der Waals surface area (Å²) in [6, 6.07) is 0. The third kappa shape index (κ3) is 1.55. The summed E-state index contributed by atoms with van der Waals surface area (Å²) < 4.78 is 2.31. The molecule has 0 saturated carbocycles. The summed E-state index contributed by atoms with van der Waals surface area (Å²) in [5.74, 6) is -0.0799. The molecular weight excluding hydrogens is 211 g/mol. The molecule has 2 aliphatic heterocycles. The van der Waals surface area contributed by atoms with E-state index in [0.717, 1.165) is 4.57 Å². The molecule has 0 aromatic carbocycles. The zero-order valence-electron chi connectivity index (χ0n) is 8.18. The Morgan fingerprint density at radius 1 is 1.29 bits per heavy atom.